The van der Waals surface area contributed by atoms with E-state index in [-0.39, 0.29) is 5.91 Å². The van der Waals surface area contributed by atoms with Crippen LogP contribution in [0.15, 0.2) is 42.5 Å². The van der Waals surface area contributed by atoms with E-state index in [1.807, 2.05) is 0 Å². The van der Waals surface area contributed by atoms with E-state index in [0.717, 1.165) is 0 Å². The van der Waals surface area contributed by atoms with Gasteiger partial charge in [0, 0.05) is 21.2 Å². The number of amides is 1. The first-order chi connectivity index (χ1) is 11.0. The molecule has 23 heavy (non-hydrogen) atoms. The number of rotatable bonds is 3. The van der Waals surface area contributed by atoms with Crippen molar-refractivity contribution in [2.24, 2.45) is 0 Å². The van der Waals surface area contributed by atoms with E-state index >= 15 is 0 Å². The average Bonchev–Trinajstić information content (AvgIpc) is 2.95. The molecule has 1 heterocycles. The Balaban J connectivity index is 1.81. The minimum absolute atomic E-state index is 0.308. The molecule has 0 radical (unpaired) electrons. The fraction of sp³-hybridized carbons (Fsp3) is 0. The Morgan fingerprint density at radius 1 is 1.00 bits per heavy atom. The van der Waals surface area contributed by atoms with Crippen molar-refractivity contribution >= 4 is 57.2 Å². The predicted molar refractivity (Wildman–Crippen MR) is 94.8 cm³/mol. The lowest BCUT2D eigenvalue weighted by atomic mass is 10.2. The van der Waals surface area contributed by atoms with Gasteiger partial charge in [-0.2, -0.15) is 0 Å². The Hall–Kier alpha value is -1.66. The van der Waals surface area contributed by atoms with Crippen LogP contribution in [-0.4, -0.2) is 16.1 Å². The molecule has 0 fully saturated rings. The van der Waals surface area contributed by atoms with Crippen LogP contribution in [0.5, 0.6) is 0 Å². The van der Waals surface area contributed by atoms with Crippen LogP contribution in [0, 0.1) is 0 Å². The molecule has 0 aliphatic rings. The maximum absolute atomic E-state index is 12.1. The van der Waals surface area contributed by atoms with Crippen molar-refractivity contribution in [3.8, 4) is 10.6 Å². The Labute approximate surface area is 151 Å². The normalized spacial score (nSPS) is 10.6. The first kappa shape index (κ1) is 16.2. The van der Waals surface area contributed by atoms with Gasteiger partial charge in [-0.25, -0.2) is 0 Å². The number of benzene rings is 2. The highest BCUT2D eigenvalue weighted by Crippen LogP contribution is 2.33. The number of nitrogens with one attached hydrogen (secondary N) is 1. The second-order valence-corrected chi connectivity index (χ2v) is 6.76. The molecular formula is C15H8Cl3N3OS. The lowest BCUT2D eigenvalue weighted by Crippen LogP contribution is -2.11. The first-order valence-electron chi connectivity index (χ1n) is 6.39. The number of carbonyl (C=O) groups is 1. The summed E-state index contributed by atoms with van der Waals surface area (Å²) in [6.07, 6.45) is 0. The van der Waals surface area contributed by atoms with Gasteiger partial charge in [-0.1, -0.05) is 52.2 Å². The minimum Gasteiger partial charge on any atom is -0.296 e. The van der Waals surface area contributed by atoms with E-state index in [0.29, 0.717) is 36.3 Å². The highest BCUT2D eigenvalue weighted by atomic mass is 35.5. The lowest BCUT2D eigenvalue weighted by Gasteiger charge is -2.01. The third kappa shape index (κ3) is 3.82. The van der Waals surface area contributed by atoms with Crippen LogP contribution >= 0.6 is 46.1 Å². The molecule has 8 heteroatoms. The van der Waals surface area contributed by atoms with Crippen molar-refractivity contribution in [2.75, 3.05) is 5.32 Å². The number of anilines is 1. The summed E-state index contributed by atoms with van der Waals surface area (Å²) in [7, 11) is 0. The van der Waals surface area contributed by atoms with Crippen molar-refractivity contribution in [3.05, 3.63) is 63.1 Å². The van der Waals surface area contributed by atoms with Crippen LogP contribution in [0.2, 0.25) is 15.1 Å². The Morgan fingerprint density at radius 2 is 1.78 bits per heavy atom. The Morgan fingerprint density at radius 3 is 2.52 bits per heavy atom. The topological polar surface area (TPSA) is 54.9 Å². The van der Waals surface area contributed by atoms with Gasteiger partial charge in [0.1, 0.15) is 0 Å². The van der Waals surface area contributed by atoms with Crippen molar-refractivity contribution < 1.29 is 4.79 Å². The molecule has 4 nitrogen and oxygen atoms in total. The zero-order valence-electron chi connectivity index (χ0n) is 11.4. The summed E-state index contributed by atoms with van der Waals surface area (Å²) < 4.78 is 0. The standard InChI is InChI=1S/C15H8Cl3N3OS/c16-9-3-1-2-8(6-9)13(22)19-15-21-20-14(23-15)11-5-4-10(17)7-12(11)18/h1-7H,(H,19,21,22). The first-order valence-corrected chi connectivity index (χ1v) is 8.34. The molecule has 0 spiro atoms. The van der Waals surface area contributed by atoms with Gasteiger partial charge in [-0.15, -0.1) is 10.2 Å². The van der Waals surface area contributed by atoms with Gasteiger partial charge in [0.05, 0.1) is 5.02 Å². The molecular weight excluding hydrogens is 377 g/mol. The SMILES string of the molecule is O=C(Nc1nnc(-c2ccc(Cl)cc2Cl)s1)c1cccc(Cl)c1. The minimum atomic E-state index is -0.308. The van der Waals surface area contributed by atoms with Gasteiger partial charge in [-0.05, 0) is 36.4 Å². The van der Waals surface area contributed by atoms with Crippen LogP contribution in [0.25, 0.3) is 10.6 Å². The second kappa shape index (κ2) is 6.84. The summed E-state index contributed by atoms with van der Waals surface area (Å²) in [4.78, 5) is 12.1. The fourth-order valence-corrected chi connectivity index (χ4v) is 3.37. The molecule has 1 amide bonds. The van der Waals surface area contributed by atoms with Crippen LogP contribution in [0.1, 0.15) is 10.4 Å². The molecule has 0 aliphatic heterocycles. The predicted octanol–water partition coefficient (Wildman–Crippen LogP) is 5.42. The summed E-state index contributed by atoms with van der Waals surface area (Å²) in [5, 5.41) is 13.1. The van der Waals surface area contributed by atoms with E-state index in [2.05, 4.69) is 15.5 Å². The van der Waals surface area contributed by atoms with Gasteiger partial charge in [0.25, 0.3) is 5.91 Å². The van der Waals surface area contributed by atoms with E-state index in [1.165, 1.54) is 11.3 Å². The molecule has 0 aliphatic carbocycles. The monoisotopic (exact) mass is 383 g/mol. The van der Waals surface area contributed by atoms with Crippen LogP contribution in [-0.2, 0) is 0 Å². The highest BCUT2D eigenvalue weighted by molar-refractivity contribution is 7.18. The smallest absolute Gasteiger partial charge is 0.257 e. The molecule has 1 N–H and O–H groups in total. The van der Waals surface area contributed by atoms with Crippen LogP contribution in [0.3, 0.4) is 0 Å². The molecule has 0 saturated carbocycles. The number of aromatic nitrogens is 2. The largest absolute Gasteiger partial charge is 0.296 e. The molecule has 0 saturated heterocycles. The van der Waals surface area contributed by atoms with Crippen molar-refractivity contribution in [1.29, 1.82) is 0 Å². The highest BCUT2D eigenvalue weighted by Gasteiger charge is 2.13. The van der Waals surface area contributed by atoms with Gasteiger partial charge in [0.15, 0.2) is 5.01 Å². The molecule has 0 bridgehead atoms. The molecule has 3 aromatic rings. The third-order valence-electron chi connectivity index (χ3n) is 2.89. The molecule has 116 valence electrons. The maximum atomic E-state index is 12.1. The Kier molecular flexibility index (Phi) is 4.82. The van der Waals surface area contributed by atoms with E-state index in [4.69, 9.17) is 34.8 Å². The van der Waals surface area contributed by atoms with Gasteiger partial charge >= 0.3 is 0 Å². The molecule has 0 atom stereocenters. The van der Waals surface area contributed by atoms with E-state index in [1.54, 1.807) is 42.5 Å². The Bertz CT molecular complexity index is 882. The average molecular weight is 385 g/mol. The lowest BCUT2D eigenvalue weighted by molar-refractivity contribution is 0.102. The fourth-order valence-electron chi connectivity index (χ4n) is 1.84. The van der Waals surface area contributed by atoms with Gasteiger partial charge < -0.3 is 0 Å². The van der Waals surface area contributed by atoms with E-state index < -0.39 is 0 Å². The number of hydrogen-bond donors (Lipinski definition) is 1. The summed E-state index contributed by atoms with van der Waals surface area (Å²) in [5.41, 5.74) is 1.15. The van der Waals surface area contributed by atoms with Gasteiger partial charge in [0.2, 0.25) is 5.13 Å². The van der Waals surface area contributed by atoms with Crippen LogP contribution in [0.4, 0.5) is 5.13 Å². The third-order valence-corrected chi connectivity index (χ3v) is 4.55. The molecule has 2 aromatic carbocycles. The summed E-state index contributed by atoms with van der Waals surface area (Å²) in [6, 6.07) is 11.8. The quantitative estimate of drug-likeness (QED) is 0.656. The van der Waals surface area contributed by atoms with Crippen molar-refractivity contribution in [2.45, 2.75) is 0 Å². The molecule has 1 aromatic heterocycles. The number of nitrogens with zero attached hydrogens (tertiary/aromatic N) is 2. The molecule has 3 rings (SSSR count). The molecule has 0 unspecified atom stereocenters. The zero-order chi connectivity index (χ0) is 16.4. The maximum Gasteiger partial charge on any atom is 0.257 e. The zero-order valence-corrected chi connectivity index (χ0v) is 14.5. The summed E-state index contributed by atoms with van der Waals surface area (Å²) >= 11 is 19.1. The summed E-state index contributed by atoms with van der Waals surface area (Å²) in [5.74, 6) is -0.308. The number of hydrogen-bond acceptors (Lipinski definition) is 4. The van der Waals surface area contributed by atoms with Gasteiger partial charge in [-0.3, -0.25) is 10.1 Å². The second-order valence-electron chi connectivity index (χ2n) is 4.50. The van der Waals surface area contributed by atoms with Crippen LogP contribution < -0.4 is 5.32 Å². The van der Waals surface area contributed by atoms with Crippen molar-refractivity contribution in [3.63, 3.8) is 0 Å². The summed E-state index contributed by atoms with van der Waals surface area (Å²) in [6.45, 7) is 0. The van der Waals surface area contributed by atoms with E-state index in [9.17, 15) is 4.79 Å². The number of halogens is 3. The number of carbonyl (C=O) groups excluding carboxylic acids is 1. The van der Waals surface area contributed by atoms with Crippen molar-refractivity contribution in [1.82, 2.24) is 10.2 Å².